The SMILES string of the molecule is COc1cccc(C(=O)N2CCC(OCCc3noc(-c4ccccc4)n3)CC2)c1. The highest BCUT2D eigenvalue weighted by molar-refractivity contribution is 5.94. The van der Waals surface area contributed by atoms with Crippen LogP contribution in [0.4, 0.5) is 0 Å². The van der Waals surface area contributed by atoms with E-state index in [-0.39, 0.29) is 12.0 Å². The van der Waals surface area contributed by atoms with Crippen LogP contribution < -0.4 is 4.74 Å². The number of benzene rings is 2. The molecule has 0 aliphatic carbocycles. The largest absolute Gasteiger partial charge is 0.497 e. The summed E-state index contributed by atoms with van der Waals surface area (Å²) in [6.07, 6.45) is 2.37. The number of rotatable bonds is 7. The number of methoxy groups -OCH3 is 1. The molecule has 1 amide bonds. The third-order valence-electron chi connectivity index (χ3n) is 5.21. The molecule has 0 bridgehead atoms. The topological polar surface area (TPSA) is 77.7 Å². The monoisotopic (exact) mass is 407 g/mol. The van der Waals surface area contributed by atoms with E-state index in [9.17, 15) is 4.79 Å². The Hall–Kier alpha value is -3.19. The standard InChI is InChI=1S/C23H25N3O4/c1-28-20-9-5-8-18(16-20)23(27)26-13-10-19(11-14-26)29-15-12-21-24-22(30-25-21)17-6-3-2-4-7-17/h2-9,16,19H,10-15H2,1H3. The summed E-state index contributed by atoms with van der Waals surface area (Å²) in [4.78, 5) is 19.0. The number of hydrogen-bond acceptors (Lipinski definition) is 6. The third kappa shape index (κ3) is 4.86. The summed E-state index contributed by atoms with van der Waals surface area (Å²) >= 11 is 0. The summed E-state index contributed by atoms with van der Waals surface area (Å²) in [7, 11) is 1.60. The van der Waals surface area contributed by atoms with Gasteiger partial charge < -0.3 is 18.9 Å². The second-order valence-electron chi connectivity index (χ2n) is 7.23. The molecule has 1 aromatic heterocycles. The molecule has 1 fully saturated rings. The Morgan fingerprint density at radius 1 is 1.13 bits per heavy atom. The summed E-state index contributed by atoms with van der Waals surface area (Å²) in [5.41, 5.74) is 1.56. The molecule has 2 heterocycles. The molecule has 0 radical (unpaired) electrons. The first-order valence-corrected chi connectivity index (χ1v) is 10.2. The third-order valence-corrected chi connectivity index (χ3v) is 5.21. The lowest BCUT2D eigenvalue weighted by Gasteiger charge is -2.32. The summed E-state index contributed by atoms with van der Waals surface area (Å²) in [5, 5.41) is 4.03. The Bertz CT molecular complexity index is 965. The normalized spacial score (nSPS) is 14.6. The molecule has 7 heteroatoms. The van der Waals surface area contributed by atoms with E-state index in [0.29, 0.717) is 49.1 Å². The Labute approximate surface area is 175 Å². The molecule has 0 spiro atoms. The first-order valence-electron chi connectivity index (χ1n) is 10.2. The van der Waals surface area contributed by atoms with Crippen molar-refractivity contribution in [1.29, 1.82) is 0 Å². The second-order valence-corrected chi connectivity index (χ2v) is 7.23. The van der Waals surface area contributed by atoms with Gasteiger partial charge in [-0.1, -0.05) is 29.4 Å². The molecule has 4 rings (SSSR count). The number of ether oxygens (including phenoxy) is 2. The van der Waals surface area contributed by atoms with Crippen molar-refractivity contribution in [2.24, 2.45) is 0 Å². The van der Waals surface area contributed by atoms with E-state index in [1.165, 1.54) is 0 Å². The lowest BCUT2D eigenvalue weighted by Crippen LogP contribution is -2.41. The number of amides is 1. The first kappa shape index (κ1) is 20.1. The van der Waals surface area contributed by atoms with Gasteiger partial charge in [0, 0.05) is 30.6 Å². The molecule has 7 nitrogen and oxygen atoms in total. The highest BCUT2D eigenvalue weighted by atomic mass is 16.5. The van der Waals surface area contributed by atoms with Crippen molar-refractivity contribution in [3.63, 3.8) is 0 Å². The van der Waals surface area contributed by atoms with Crippen LogP contribution in [0.1, 0.15) is 29.0 Å². The summed E-state index contributed by atoms with van der Waals surface area (Å²) < 4.78 is 16.5. The molecule has 0 saturated carbocycles. The molecule has 1 aliphatic heterocycles. The number of nitrogens with zero attached hydrogens (tertiary/aromatic N) is 3. The van der Waals surface area contributed by atoms with E-state index in [0.717, 1.165) is 18.4 Å². The fourth-order valence-electron chi connectivity index (χ4n) is 3.53. The molecule has 2 aromatic carbocycles. The van der Waals surface area contributed by atoms with Gasteiger partial charge in [-0.3, -0.25) is 4.79 Å². The zero-order valence-corrected chi connectivity index (χ0v) is 17.0. The van der Waals surface area contributed by atoms with Crippen molar-refractivity contribution in [2.75, 3.05) is 26.8 Å². The number of piperidine rings is 1. The van der Waals surface area contributed by atoms with Gasteiger partial charge in [0.25, 0.3) is 11.8 Å². The van der Waals surface area contributed by atoms with Gasteiger partial charge in [-0.05, 0) is 43.2 Å². The van der Waals surface area contributed by atoms with E-state index >= 15 is 0 Å². The van der Waals surface area contributed by atoms with Gasteiger partial charge in [0.1, 0.15) is 5.75 Å². The van der Waals surface area contributed by atoms with Crippen molar-refractivity contribution >= 4 is 5.91 Å². The zero-order valence-electron chi connectivity index (χ0n) is 17.0. The molecular formula is C23H25N3O4. The molecule has 3 aromatic rings. The maximum absolute atomic E-state index is 12.7. The van der Waals surface area contributed by atoms with E-state index in [4.69, 9.17) is 14.0 Å². The van der Waals surface area contributed by atoms with Gasteiger partial charge in [-0.2, -0.15) is 4.98 Å². The van der Waals surface area contributed by atoms with Gasteiger partial charge in [0.2, 0.25) is 0 Å². The number of carbonyl (C=O) groups is 1. The first-order chi connectivity index (χ1) is 14.7. The van der Waals surface area contributed by atoms with E-state index in [1.807, 2.05) is 53.4 Å². The van der Waals surface area contributed by atoms with Gasteiger partial charge in [0.15, 0.2) is 5.82 Å². The van der Waals surface area contributed by atoms with Gasteiger partial charge in [-0.15, -0.1) is 0 Å². The zero-order chi connectivity index (χ0) is 20.8. The van der Waals surface area contributed by atoms with E-state index in [1.54, 1.807) is 13.2 Å². The van der Waals surface area contributed by atoms with Crippen molar-refractivity contribution < 1.29 is 18.8 Å². The maximum atomic E-state index is 12.7. The Balaban J connectivity index is 1.22. The Morgan fingerprint density at radius 2 is 1.93 bits per heavy atom. The summed E-state index contributed by atoms with van der Waals surface area (Å²) in [5.74, 6) is 1.89. The average Bonchev–Trinajstić information content (AvgIpc) is 3.29. The van der Waals surface area contributed by atoms with Crippen molar-refractivity contribution in [3.05, 3.63) is 66.0 Å². The van der Waals surface area contributed by atoms with Crippen LogP contribution in [0.3, 0.4) is 0 Å². The Morgan fingerprint density at radius 3 is 2.70 bits per heavy atom. The lowest BCUT2D eigenvalue weighted by molar-refractivity contribution is 0.00946. The van der Waals surface area contributed by atoms with Crippen molar-refractivity contribution in [2.45, 2.75) is 25.4 Å². The predicted octanol–water partition coefficient (Wildman–Crippen LogP) is 3.61. The van der Waals surface area contributed by atoms with Gasteiger partial charge >= 0.3 is 0 Å². The highest BCUT2D eigenvalue weighted by Crippen LogP contribution is 2.20. The molecule has 156 valence electrons. The lowest BCUT2D eigenvalue weighted by atomic mass is 10.1. The minimum atomic E-state index is 0.0348. The van der Waals surface area contributed by atoms with Gasteiger partial charge in [-0.25, -0.2) is 0 Å². The van der Waals surface area contributed by atoms with Crippen LogP contribution in [-0.4, -0.2) is 53.9 Å². The fraction of sp³-hybridized carbons (Fsp3) is 0.348. The van der Waals surface area contributed by atoms with Crippen LogP contribution in [0.15, 0.2) is 59.1 Å². The number of carbonyl (C=O) groups excluding carboxylic acids is 1. The van der Waals surface area contributed by atoms with Crippen LogP contribution >= 0.6 is 0 Å². The number of aromatic nitrogens is 2. The minimum absolute atomic E-state index is 0.0348. The number of likely N-dealkylation sites (tertiary alicyclic amines) is 1. The van der Waals surface area contributed by atoms with Crippen molar-refractivity contribution in [3.8, 4) is 17.2 Å². The Kier molecular flexibility index (Phi) is 6.39. The average molecular weight is 407 g/mol. The smallest absolute Gasteiger partial charge is 0.257 e. The minimum Gasteiger partial charge on any atom is -0.497 e. The fourth-order valence-corrected chi connectivity index (χ4v) is 3.53. The van der Waals surface area contributed by atoms with Crippen LogP contribution in [0.5, 0.6) is 5.75 Å². The molecule has 0 atom stereocenters. The van der Waals surface area contributed by atoms with E-state index < -0.39 is 0 Å². The quantitative estimate of drug-likeness (QED) is 0.595. The summed E-state index contributed by atoms with van der Waals surface area (Å²) in [6.45, 7) is 1.89. The maximum Gasteiger partial charge on any atom is 0.257 e. The van der Waals surface area contributed by atoms with Crippen LogP contribution in [0.2, 0.25) is 0 Å². The number of hydrogen-bond donors (Lipinski definition) is 0. The molecular weight excluding hydrogens is 382 g/mol. The molecule has 1 aliphatic rings. The molecule has 30 heavy (non-hydrogen) atoms. The van der Waals surface area contributed by atoms with Gasteiger partial charge in [0.05, 0.1) is 19.8 Å². The van der Waals surface area contributed by atoms with Crippen molar-refractivity contribution in [1.82, 2.24) is 15.0 Å². The van der Waals surface area contributed by atoms with Crippen LogP contribution in [0.25, 0.3) is 11.5 Å². The predicted molar refractivity (Wildman–Crippen MR) is 111 cm³/mol. The molecule has 0 unspecified atom stereocenters. The second kappa shape index (κ2) is 9.54. The summed E-state index contributed by atoms with van der Waals surface area (Å²) in [6, 6.07) is 17.0. The molecule has 0 N–H and O–H groups in total. The van der Waals surface area contributed by atoms with Crippen LogP contribution in [0, 0.1) is 0 Å². The van der Waals surface area contributed by atoms with Crippen LogP contribution in [-0.2, 0) is 11.2 Å². The highest BCUT2D eigenvalue weighted by Gasteiger charge is 2.24. The molecule has 1 saturated heterocycles. The van der Waals surface area contributed by atoms with E-state index in [2.05, 4.69) is 10.1 Å².